The average Bonchev–Trinajstić information content (AvgIpc) is 2.77. The van der Waals surface area contributed by atoms with Crippen LogP contribution in [0.2, 0.25) is 0 Å². The fraction of sp³-hybridized carbons (Fsp3) is 0.500. The van der Waals surface area contributed by atoms with Crippen molar-refractivity contribution in [2.45, 2.75) is 19.5 Å². The quantitative estimate of drug-likeness (QED) is 0.748. The lowest BCUT2D eigenvalue weighted by Crippen LogP contribution is -2.38. The Kier molecular flexibility index (Phi) is 2.62. The van der Waals surface area contributed by atoms with Gasteiger partial charge in [-0.1, -0.05) is 6.92 Å². The Hall–Kier alpha value is -1.89. The lowest BCUT2D eigenvalue weighted by Gasteiger charge is -2.11. The van der Waals surface area contributed by atoms with Crippen molar-refractivity contribution >= 4 is 11.2 Å². The van der Waals surface area contributed by atoms with Crippen LogP contribution >= 0.6 is 0 Å². The van der Waals surface area contributed by atoms with E-state index >= 15 is 0 Å². The molecule has 2 aromatic heterocycles. The number of imidazole rings is 1. The Labute approximate surface area is 97.1 Å². The van der Waals surface area contributed by atoms with E-state index in [9.17, 15) is 9.59 Å². The number of aromatic nitrogens is 4. The smallest absolute Gasteiger partial charge is 0.311 e. The zero-order valence-corrected chi connectivity index (χ0v) is 10.0. The standard InChI is InChI=1S/C10H15N5O2/c1-4-6(11)15-5-12-8-7(15)9(16)14(3)10(17)13(8)2/h5-6H,4,11H2,1-3H3. The topological polar surface area (TPSA) is 87.8 Å². The molecule has 7 nitrogen and oxygen atoms in total. The van der Waals surface area contributed by atoms with E-state index in [1.165, 1.54) is 17.9 Å². The molecule has 92 valence electrons. The predicted octanol–water partition coefficient (Wildman–Crippen LogP) is -0.699. The highest BCUT2D eigenvalue weighted by Crippen LogP contribution is 2.11. The van der Waals surface area contributed by atoms with E-state index in [4.69, 9.17) is 5.73 Å². The predicted molar refractivity (Wildman–Crippen MR) is 63.7 cm³/mol. The maximum absolute atomic E-state index is 12.0. The summed E-state index contributed by atoms with van der Waals surface area (Å²) in [6.45, 7) is 1.92. The van der Waals surface area contributed by atoms with Gasteiger partial charge in [-0.25, -0.2) is 9.78 Å². The van der Waals surface area contributed by atoms with Gasteiger partial charge >= 0.3 is 5.69 Å². The minimum absolute atomic E-state index is 0.315. The van der Waals surface area contributed by atoms with E-state index in [1.54, 1.807) is 11.6 Å². The zero-order valence-electron chi connectivity index (χ0n) is 10.0. The first-order valence-electron chi connectivity index (χ1n) is 5.37. The maximum atomic E-state index is 12.0. The van der Waals surface area contributed by atoms with Crippen molar-refractivity contribution in [1.82, 2.24) is 18.7 Å². The van der Waals surface area contributed by atoms with Gasteiger partial charge in [0.1, 0.15) is 0 Å². The van der Waals surface area contributed by atoms with Crippen molar-refractivity contribution < 1.29 is 0 Å². The number of rotatable bonds is 2. The van der Waals surface area contributed by atoms with Gasteiger partial charge in [-0.3, -0.25) is 13.9 Å². The van der Waals surface area contributed by atoms with E-state index in [1.807, 2.05) is 6.92 Å². The fourth-order valence-corrected chi connectivity index (χ4v) is 1.81. The lowest BCUT2D eigenvalue weighted by atomic mass is 10.3. The van der Waals surface area contributed by atoms with E-state index in [0.717, 1.165) is 4.57 Å². The molecule has 0 radical (unpaired) electrons. The molecule has 0 fully saturated rings. The number of nitrogens with two attached hydrogens (primary N) is 1. The third-order valence-corrected chi connectivity index (χ3v) is 2.95. The molecule has 7 heteroatoms. The molecule has 0 amide bonds. The molecule has 1 atom stereocenters. The first-order valence-corrected chi connectivity index (χ1v) is 5.37. The number of aryl methyl sites for hydroxylation is 1. The van der Waals surface area contributed by atoms with Gasteiger partial charge in [0.15, 0.2) is 11.2 Å². The highest BCUT2D eigenvalue weighted by atomic mass is 16.2. The second kappa shape index (κ2) is 3.85. The van der Waals surface area contributed by atoms with Gasteiger partial charge in [0.05, 0.1) is 12.5 Å². The fourth-order valence-electron chi connectivity index (χ4n) is 1.81. The van der Waals surface area contributed by atoms with Crippen molar-refractivity contribution in [2.75, 3.05) is 0 Å². The number of nitrogens with zero attached hydrogens (tertiary/aromatic N) is 4. The van der Waals surface area contributed by atoms with E-state index in [0.29, 0.717) is 17.6 Å². The van der Waals surface area contributed by atoms with Crippen LogP contribution in [-0.4, -0.2) is 18.7 Å². The largest absolute Gasteiger partial charge is 0.332 e. The second-order valence-electron chi connectivity index (χ2n) is 4.01. The molecule has 0 saturated heterocycles. The van der Waals surface area contributed by atoms with E-state index in [2.05, 4.69) is 4.98 Å². The molecule has 0 aliphatic heterocycles. The van der Waals surface area contributed by atoms with Crippen molar-refractivity contribution in [1.29, 1.82) is 0 Å². The minimum atomic E-state index is -0.391. The molecule has 2 aromatic rings. The van der Waals surface area contributed by atoms with Crippen LogP contribution in [0, 0.1) is 0 Å². The molecule has 2 rings (SSSR count). The van der Waals surface area contributed by atoms with Crippen LogP contribution in [0.5, 0.6) is 0 Å². The molecule has 2 N–H and O–H groups in total. The van der Waals surface area contributed by atoms with Crippen LogP contribution in [-0.2, 0) is 14.1 Å². The monoisotopic (exact) mass is 237 g/mol. The third kappa shape index (κ3) is 1.50. The zero-order chi connectivity index (χ0) is 12.7. The Balaban J connectivity index is 2.96. The molecule has 1 unspecified atom stereocenters. The number of fused-ring (bicyclic) bond motifs is 1. The highest BCUT2D eigenvalue weighted by Gasteiger charge is 2.16. The summed E-state index contributed by atoms with van der Waals surface area (Å²) >= 11 is 0. The summed E-state index contributed by atoms with van der Waals surface area (Å²) in [4.78, 5) is 27.8. The second-order valence-corrected chi connectivity index (χ2v) is 4.01. The molecule has 2 heterocycles. The molecule has 0 bridgehead atoms. The Morgan fingerprint density at radius 1 is 1.35 bits per heavy atom. The molecule has 0 aromatic carbocycles. The maximum Gasteiger partial charge on any atom is 0.332 e. The molecular weight excluding hydrogens is 222 g/mol. The van der Waals surface area contributed by atoms with E-state index < -0.39 is 5.69 Å². The van der Waals surface area contributed by atoms with Crippen molar-refractivity contribution in [3.8, 4) is 0 Å². The normalized spacial score (nSPS) is 13.2. The van der Waals surface area contributed by atoms with Gasteiger partial charge in [0.2, 0.25) is 0 Å². The summed E-state index contributed by atoms with van der Waals surface area (Å²) in [6, 6.07) is 0. The van der Waals surface area contributed by atoms with E-state index in [-0.39, 0.29) is 11.7 Å². The molecule has 0 spiro atoms. The Bertz CT molecular complexity index is 678. The van der Waals surface area contributed by atoms with Gasteiger partial charge in [-0.2, -0.15) is 0 Å². The Morgan fingerprint density at radius 2 is 2.00 bits per heavy atom. The van der Waals surface area contributed by atoms with Gasteiger partial charge in [-0.05, 0) is 6.42 Å². The SMILES string of the molecule is CCC(N)n1cnc2c1c(=O)n(C)c(=O)n2C. The van der Waals surface area contributed by atoms with Crippen molar-refractivity contribution in [3.63, 3.8) is 0 Å². The van der Waals surface area contributed by atoms with Crippen LogP contribution in [0.25, 0.3) is 11.2 Å². The summed E-state index contributed by atoms with van der Waals surface area (Å²) in [6.07, 6.45) is 1.86. The van der Waals surface area contributed by atoms with Gasteiger partial charge < -0.3 is 10.3 Å². The molecular formula is C10H15N5O2. The minimum Gasteiger partial charge on any atom is -0.311 e. The first-order chi connectivity index (χ1) is 7.99. The van der Waals surface area contributed by atoms with Crippen molar-refractivity contribution in [3.05, 3.63) is 27.2 Å². The average molecular weight is 237 g/mol. The first kappa shape index (κ1) is 11.6. The van der Waals surface area contributed by atoms with Crippen LogP contribution < -0.4 is 17.0 Å². The van der Waals surface area contributed by atoms with Gasteiger partial charge in [0.25, 0.3) is 5.56 Å². The van der Waals surface area contributed by atoms with Crippen molar-refractivity contribution in [2.24, 2.45) is 19.8 Å². The van der Waals surface area contributed by atoms with Gasteiger partial charge in [0, 0.05) is 14.1 Å². The van der Waals surface area contributed by atoms with Gasteiger partial charge in [-0.15, -0.1) is 0 Å². The lowest BCUT2D eigenvalue weighted by molar-refractivity contribution is 0.515. The van der Waals surface area contributed by atoms with Crippen LogP contribution in [0.1, 0.15) is 19.5 Å². The Morgan fingerprint density at radius 3 is 2.59 bits per heavy atom. The summed E-state index contributed by atoms with van der Waals surface area (Å²) in [7, 11) is 3.03. The summed E-state index contributed by atoms with van der Waals surface area (Å²) in [5.41, 5.74) is 5.87. The van der Waals surface area contributed by atoms with Crippen LogP contribution in [0.15, 0.2) is 15.9 Å². The summed E-state index contributed by atoms with van der Waals surface area (Å²) in [5.74, 6) is 0. The van der Waals surface area contributed by atoms with Crippen LogP contribution in [0.4, 0.5) is 0 Å². The molecule has 0 aliphatic carbocycles. The number of hydrogen-bond acceptors (Lipinski definition) is 4. The van der Waals surface area contributed by atoms with Crippen LogP contribution in [0.3, 0.4) is 0 Å². The molecule has 0 aliphatic rings. The highest BCUT2D eigenvalue weighted by molar-refractivity contribution is 5.70. The third-order valence-electron chi connectivity index (χ3n) is 2.95. The number of hydrogen-bond donors (Lipinski definition) is 1. The summed E-state index contributed by atoms with van der Waals surface area (Å²) in [5, 5.41) is 0. The molecule has 17 heavy (non-hydrogen) atoms. The summed E-state index contributed by atoms with van der Waals surface area (Å²) < 4.78 is 4.01. The molecule has 0 saturated carbocycles.